The average Bonchev–Trinajstić information content (AvgIpc) is 2.98. The largest absolute Gasteiger partial charge is 0.497 e. The van der Waals surface area contributed by atoms with E-state index in [1.165, 1.54) is 25.7 Å². The summed E-state index contributed by atoms with van der Waals surface area (Å²) in [6, 6.07) is 8.23. The average molecular weight is 309 g/mol. The van der Waals surface area contributed by atoms with Crippen molar-refractivity contribution < 1.29 is 8.95 Å². The van der Waals surface area contributed by atoms with Crippen molar-refractivity contribution in [2.45, 2.75) is 50.0 Å². The van der Waals surface area contributed by atoms with Crippen LogP contribution in [0.3, 0.4) is 0 Å². The smallest absolute Gasteiger partial charge is 0.118 e. The maximum absolute atomic E-state index is 12.4. The summed E-state index contributed by atoms with van der Waals surface area (Å²) in [6.07, 6.45) is 6.10. The van der Waals surface area contributed by atoms with E-state index >= 15 is 0 Å². The second-order valence-electron chi connectivity index (χ2n) is 5.77. The number of benzene rings is 1. The van der Waals surface area contributed by atoms with Gasteiger partial charge < -0.3 is 10.1 Å². The second-order valence-corrected chi connectivity index (χ2v) is 7.34. The van der Waals surface area contributed by atoms with Crippen LogP contribution in [0.15, 0.2) is 29.2 Å². The maximum atomic E-state index is 12.4. The third-order valence-electron chi connectivity index (χ3n) is 4.31. The first kappa shape index (κ1) is 16.5. The van der Waals surface area contributed by atoms with Crippen molar-refractivity contribution in [2.75, 3.05) is 19.4 Å². The van der Waals surface area contributed by atoms with E-state index < -0.39 is 10.8 Å². The second kappa shape index (κ2) is 8.54. The molecule has 4 heteroatoms. The van der Waals surface area contributed by atoms with Gasteiger partial charge in [0.1, 0.15) is 5.75 Å². The molecule has 1 N–H and O–H groups in total. The van der Waals surface area contributed by atoms with Crippen LogP contribution in [-0.4, -0.2) is 29.7 Å². The topological polar surface area (TPSA) is 38.3 Å². The fourth-order valence-corrected chi connectivity index (χ4v) is 4.28. The molecule has 2 rings (SSSR count). The fraction of sp³-hybridized carbons (Fsp3) is 0.647. The molecule has 0 aliphatic heterocycles. The van der Waals surface area contributed by atoms with Gasteiger partial charge in [0.25, 0.3) is 0 Å². The first-order valence-corrected chi connectivity index (χ1v) is 9.32. The highest BCUT2D eigenvalue weighted by molar-refractivity contribution is 7.85. The zero-order valence-corrected chi connectivity index (χ0v) is 14.0. The number of hydrogen-bond acceptors (Lipinski definition) is 3. The minimum Gasteiger partial charge on any atom is -0.497 e. The Morgan fingerprint density at radius 3 is 2.71 bits per heavy atom. The highest BCUT2D eigenvalue weighted by Gasteiger charge is 2.26. The molecule has 1 saturated carbocycles. The summed E-state index contributed by atoms with van der Waals surface area (Å²) < 4.78 is 17.5. The van der Waals surface area contributed by atoms with Crippen LogP contribution in [-0.2, 0) is 10.8 Å². The molecule has 3 nitrogen and oxygen atoms in total. The van der Waals surface area contributed by atoms with Crippen molar-refractivity contribution in [3.8, 4) is 5.75 Å². The molecular formula is C17H27NO2S. The Labute approximate surface area is 130 Å². The van der Waals surface area contributed by atoms with Crippen molar-refractivity contribution in [1.82, 2.24) is 5.32 Å². The lowest BCUT2D eigenvalue weighted by molar-refractivity contribution is 0.393. The molecule has 1 aliphatic carbocycles. The van der Waals surface area contributed by atoms with Gasteiger partial charge in [-0.15, -0.1) is 0 Å². The van der Waals surface area contributed by atoms with Gasteiger partial charge in [0.2, 0.25) is 0 Å². The van der Waals surface area contributed by atoms with Gasteiger partial charge in [-0.25, -0.2) is 0 Å². The van der Waals surface area contributed by atoms with Gasteiger partial charge in [-0.2, -0.15) is 0 Å². The van der Waals surface area contributed by atoms with Gasteiger partial charge in [-0.3, -0.25) is 4.21 Å². The summed E-state index contributed by atoms with van der Waals surface area (Å²) in [7, 11) is 0.755. The summed E-state index contributed by atoms with van der Waals surface area (Å²) in [4.78, 5) is 0.909. The molecule has 0 heterocycles. The first-order valence-electron chi connectivity index (χ1n) is 8.00. The Morgan fingerprint density at radius 1 is 1.29 bits per heavy atom. The van der Waals surface area contributed by atoms with Gasteiger partial charge in [0.15, 0.2) is 0 Å². The summed E-state index contributed by atoms with van der Waals surface area (Å²) in [5, 5.41) is 3.64. The lowest BCUT2D eigenvalue weighted by Gasteiger charge is -2.20. The minimum absolute atomic E-state index is 0.637. The van der Waals surface area contributed by atoms with Crippen LogP contribution >= 0.6 is 0 Å². The van der Waals surface area contributed by atoms with Crippen molar-refractivity contribution in [3.63, 3.8) is 0 Å². The van der Waals surface area contributed by atoms with Gasteiger partial charge >= 0.3 is 0 Å². The van der Waals surface area contributed by atoms with Crippen LogP contribution in [0.4, 0.5) is 0 Å². The molecular weight excluding hydrogens is 282 g/mol. The molecule has 0 spiro atoms. The molecule has 1 fully saturated rings. The number of methoxy groups -OCH3 is 1. The van der Waals surface area contributed by atoms with E-state index in [1.54, 1.807) is 7.11 Å². The molecule has 1 aromatic rings. The molecule has 118 valence electrons. The third-order valence-corrected chi connectivity index (χ3v) is 5.72. The van der Waals surface area contributed by atoms with Crippen LogP contribution in [0.25, 0.3) is 0 Å². The van der Waals surface area contributed by atoms with Crippen LogP contribution < -0.4 is 10.1 Å². The van der Waals surface area contributed by atoms with Crippen LogP contribution in [0.5, 0.6) is 5.75 Å². The van der Waals surface area contributed by atoms with Crippen LogP contribution in [0.1, 0.15) is 39.0 Å². The van der Waals surface area contributed by atoms with E-state index in [4.69, 9.17) is 4.74 Å². The molecule has 3 atom stereocenters. The van der Waals surface area contributed by atoms with E-state index in [0.29, 0.717) is 12.0 Å². The Morgan fingerprint density at radius 2 is 2.05 bits per heavy atom. The lowest BCUT2D eigenvalue weighted by atomic mass is 10.0. The van der Waals surface area contributed by atoms with Gasteiger partial charge in [0, 0.05) is 16.7 Å². The van der Waals surface area contributed by atoms with Crippen molar-refractivity contribution >= 4 is 10.8 Å². The van der Waals surface area contributed by atoms with Gasteiger partial charge in [-0.05, 0) is 62.4 Å². The monoisotopic (exact) mass is 309 g/mol. The molecule has 3 unspecified atom stereocenters. The van der Waals surface area contributed by atoms with E-state index in [-0.39, 0.29) is 0 Å². The number of hydrogen-bond donors (Lipinski definition) is 1. The Kier molecular flexibility index (Phi) is 6.71. The normalized spacial score (nSPS) is 23.1. The van der Waals surface area contributed by atoms with E-state index in [1.807, 2.05) is 24.3 Å². The third kappa shape index (κ3) is 4.82. The summed E-state index contributed by atoms with van der Waals surface area (Å²) in [6.45, 7) is 3.30. The van der Waals surface area contributed by atoms with E-state index in [9.17, 15) is 4.21 Å². The summed E-state index contributed by atoms with van der Waals surface area (Å²) in [5.41, 5.74) is 0. The highest BCUT2D eigenvalue weighted by Crippen LogP contribution is 2.29. The quantitative estimate of drug-likeness (QED) is 0.800. The lowest BCUT2D eigenvalue weighted by Crippen LogP contribution is -2.33. The summed E-state index contributed by atoms with van der Waals surface area (Å²) >= 11 is 0. The predicted molar refractivity (Wildman–Crippen MR) is 88.3 cm³/mol. The molecule has 0 radical (unpaired) electrons. The Bertz CT molecular complexity index is 447. The number of ether oxygens (including phenoxy) is 1. The zero-order valence-electron chi connectivity index (χ0n) is 13.1. The molecule has 1 aromatic carbocycles. The zero-order chi connectivity index (χ0) is 15.1. The van der Waals surface area contributed by atoms with Crippen LogP contribution in [0, 0.1) is 5.92 Å². The van der Waals surface area contributed by atoms with Gasteiger partial charge in [0.05, 0.1) is 17.9 Å². The predicted octanol–water partition coefficient (Wildman–Crippen LogP) is 3.36. The van der Waals surface area contributed by atoms with E-state index in [2.05, 4.69) is 12.2 Å². The van der Waals surface area contributed by atoms with Gasteiger partial charge in [-0.1, -0.05) is 13.3 Å². The van der Waals surface area contributed by atoms with Crippen molar-refractivity contribution in [3.05, 3.63) is 24.3 Å². The van der Waals surface area contributed by atoms with Crippen LogP contribution in [0.2, 0.25) is 0 Å². The highest BCUT2D eigenvalue weighted by atomic mass is 32.2. The Balaban J connectivity index is 1.82. The first-order chi connectivity index (χ1) is 10.2. The maximum Gasteiger partial charge on any atom is 0.118 e. The molecule has 0 bridgehead atoms. The molecule has 0 aromatic heterocycles. The minimum atomic E-state index is -0.894. The van der Waals surface area contributed by atoms with E-state index in [0.717, 1.165) is 29.4 Å². The van der Waals surface area contributed by atoms with Crippen molar-refractivity contribution in [1.29, 1.82) is 0 Å². The molecule has 1 aliphatic rings. The number of rotatable bonds is 8. The fourth-order valence-electron chi connectivity index (χ4n) is 3.08. The standard InChI is InChI=1S/C17H27NO2S/c1-3-12-18-17-6-4-5-14(17)11-13-21(19)16-9-7-15(20-2)8-10-16/h7-10,14,17-18H,3-6,11-13H2,1-2H3. The summed E-state index contributed by atoms with van der Waals surface area (Å²) in [5.74, 6) is 2.27. The SMILES string of the molecule is CCCNC1CCCC1CCS(=O)c1ccc(OC)cc1. The Hall–Kier alpha value is -0.870. The van der Waals surface area contributed by atoms with Crippen molar-refractivity contribution in [2.24, 2.45) is 5.92 Å². The molecule has 0 saturated heterocycles. The molecule has 0 amide bonds. The number of nitrogens with one attached hydrogen (secondary N) is 1. The molecule has 21 heavy (non-hydrogen) atoms.